The van der Waals surface area contributed by atoms with Gasteiger partial charge in [-0.05, 0) is 20.8 Å². The average molecular weight is 271 g/mol. The maximum absolute atomic E-state index is 4.41. The molecular weight excluding hydrogens is 254 g/mol. The first-order valence-corrected chi connectivity index (χ1v) is 6.46. The van der Waals surface area contributed by atoms with Gasteiger partial charge in [0.2, 0.25) is 0 Å². The molecule has 3 aromatic heterocycles. The van der Waals surface area contributed by atoms with Crippen LogP contribution >= 0.6 is 0 Å². The summed E-state index contributed by atoms with van der Waals surface area (Å²) in [6, 6.07) is 0. The van der Waals surface area contributed by atoms with Gasteiger partial charge < -0.3 is 5.32 Å². The highest BCUT2D eigenvalue weighted by Crippen LogP contribution is 2.19. The fraction of sp³-hybridized carbons (Fsp3) is 0.385. The zero-order valence-corrected chi connectivity index (χ0v) is 12.0. The van der Waals surface area contributed by atoms with E-state index in [1.807, 2.05) is 31.8 Å². The minimum Gasteiger partial charge on any atom is -0.365 e. The number of hydrogen-bond acceptors (Lipinski definition) is 5. The van der Waals surface area contributed by atoms with Crippen molar-refractivity contribution in [3.8, 4) is 0 Å². The average Bonchev–Trinajstić information content (AvgIpc) is 3.00. The van der Waals surface area contributed by atoms with E-state index >= 15 is 0 Å². The number of fused-ring (bicyclic) bond motifs is 1. The van der Waals surface area contributed by atoms with Gasteiger partial charge in [-0.25, -0.2) is 4.98 Å². The van der Waals surface area contributed by atoms with E-state index in [1.165, 1.54) is 6.33 Å². The van der Waals surface area contributed by atoms with E-state index in [1.54, 1.807) is 4.52 Å². The van der Waals surface area contributed by atoms with E-state index in [-0.39, 0.29) is 0 Å². The molecule has 7 heteroatoms. The van der Waals surface area contributed by atoms with Crippen LogP contribution in [0.5, 0.6) is 0 Å². The van der Waals surface area contributed by atoms with Gasteiger partial charge in [0, 0.05) is 36.1 Å². The van der Waals surface area contributed by atoms with E-state index in [0.29, 0.717) is 12.3 Å². The van der Waals surface area contributed by atoms with Crippen molar-refractivity contribution in [1.29, 1.82) is 0 Å². The highest BCUT2D eigenvalue weighted by Gasteiger charge is 2.11. The molecule has 3 rings (SSSR count). The third-order valence-corrected chi connectivity index (χ3v) is 3.69. The maximum Gasteiger partial charge on any atom is 0.254 e. The predicted molar refractivity (Wildman–Crippen MR) is 75.5 cm³/mol. The van der Waals surface area contributed by atoms with Crippen LogP contribution in [0.4, 0.5) is 5.82 Å². The van der Waals surface area contributed by atoms with Crippen LogP contribution in [0.15, 0.2) is 12.5 Å². The lowest BCUT2D eigenvalue weighted by molar-refractivity contribution is 0.738. The number of rotatable bonds is 3. The summed E-state index contributed by atoms with van der Waals surface area (Å²) >= 11 is 0. The zero-order valence-electron chi connectivity index (χ0n) is 12.0. The molecule has 0 aromatic carbocycles. The monoisotopic (exact) mass is 271 g/mol. The molecule has 0 aliphatic rings. The molecule has 104 valence electrons. The molecule has 0 aliphatic carbocycles. The number of aromatic nitrogens is 6. The first kappa shape index (κ1) is 12.6. The van der Waals surface area contributed by atoms with Gasteiger partial charge in [0.25, 0.3) is 5.78 Å². The van der Waals surface area contributed by atoms with Crippen molar-refractivity contribution >= 4 is 11.6 Å². The Morgan fingerprint density at radius 1 is 1.20 bits per heavy atom. The van der Waals surface area contributed by atoms with Gasteiger partial charge in [-0.3, -0.25) is 4.68 Å². The molecular formula is C13H17N7. The van der Waals surface area contributed by atoms with Crippen LogP contribution < -0.4 is 5.32 Å². The van der Waals surface area contributed by atoms with Crippen molar-refractivity contribution in [2.75, 3.05) is 5.32 Å². The van der Waals surface area contributed by atoms with Gasteiger partial charge in [0.15, 0.2) is 0 Å². The highest BCUT2D eigenvalue weighted by molar-refractivity contribution is 5.52. The standard InChI is InChI=1S/C13H17N7/c1-8-9(2)18-13-15-7-17-20(13)12(8)14-5-11-6-16-19(4)10(11)3/h6-7,14H,5H2,1-4H3. The largest absolute Gasteiger partial charge is 0.365 e. The van der Waals surface area contributed by atoms with Crippen LogP contribution in [0.25, 0.3) is 5.78 Å². The molecule has 0 saturated carbocycles. The minimum absolute atomic E-state index is 0.610. The Morgan fingerprint density at radius 2 is 2.00 bits per heavy atom. The molecule has 20 heavy (non-hydrogen) atoms. The number of hydrogen-bond donors (Lipinski definition) is 1. The summed E-state index contributed by atoms with van der Waals surface area (Å²) in [4.78, 5) is 8.55. The first-order valence-electron chi connectivity index (χ1n) is 6.46. The maximum atomic E-state index is 4.41. The highest BCUT2D eigenvalue weighted by atomic mass is 15.4. The van der Waals surface area contributed by atoms with E-state index in [2.05, 4.69) is 32.4 Å². The van der Waals surface area contributed by atoms with Crippen molar-refractivity contribution in [2.24, 2.45) is 7.05 Å². The van der Waals surface area contributed by atoms with E-state index in [9.17, 15) is 0 Å². The molecule has 3 heterocycles. The smallest absolute Gasteiger partial charge is 0.254 e. The van der Waals surface area contributed by atoms with Crippen LogP contribution in [-0.4, -0.2) is 29.4 Å². The summed E-state index contributed by atoms with van der Waals surface area (Å²) in [5.74, 6) is 1.53. The lowest BCUT2D eigenvalue weighted by Crippen LogP contribution is -2.10. The molecule has 0 saturated heterocycles. The molecule has 0 aliphatic heterocycles. The third-order valence-electron chi connectivity index (χ3n) is 3.69. The molecule has 1 N–H and O–H groups in total. The fourth-order valence-electron chi connectivity index (χ4n) is 2.14. The Labute approximate surface area is 116 Å². The van der Waals surface area contributed by atoms with Gasteiger partial charge >= 0.3 is 0 Å². The van der Waals surface area contributed by atoms with Crippen LogP contribution in [0, 0.1) is 20.8 Å². The third kappa shape index (κ3) is 1.91. The Kier molecular flexibility index (Phi) is 2.89. The van der Waals surface area contributed by atoms with Crippen molar-refractivity contribution in [2.45, 2.75) is 27.3 Å². The number of aryl methyl sites for hydroxylation is 2. The number of nitrogens with zero attached hydrogens (tertiary/aromatic N) is 6. The van der Waals surface area contributed by atoms with Crippen molar-refractivity contribution < 1.29 is 0 Å². The van der Waals surface area contributed by atoms with Gasteiger partial charge in [-0.15, -0.1) is 0 Å². The van der Waals surface area contributed by atoms with E-state index in [4.69, 9.17) is 0 Å². The van der Waals surface area contributed by atoms with Gasteiger partial charge in [0.1, 0.15) is 12.1 Å². The second kappa shape index (κ2) is 4.59. The summed E-state index contributed by atoms with van der Waals surface area (Å²) in [6.07, 6.45) is 3.39. The quantitative estimate of drug-likeness (QED) is 0.779. The molecule has 0 radical (unpaired) electrons. The van der Waals surface area contributed by atoms with Crippen molar-refractivity contribution in [3.05, 3.63) is 35.0 Å². The van der Waals surface area contributed by atoms with E-state index < -0.39 is 0 Å². The molecule has 0 bridgehead atoms. The Morgan fingerprint density at radius 3 is 2.70 bits per heavy atom. The summed E-state index contributed by atoms with van der Waals surface area (Å²) in [5, 5.41) is 11.9. The molecule has 0 amide bonds. The minimum atomic E-state index is 0.610. The van der Waals surface area contributed by atoms with Crippen molar-refractivity contribution in [1.82, 2.24) is 29.4 Å². The first-order chi connectivity index (χ1) is 9.58. The second-order valence-electron chi connectivity index (χ2n) is 4.88. The Hall–Kier alpha value is -2.44. The molecule has 3 aromatic rings. The lowest BCUT2D eigenvalue weighted by atomic mass is 10.2. The SMILES string of the molecule is Cc1nc2ncnn2c(NCc2cnn(C)c2C)c1C. The normalized spacial score (nSPS) is 11.2. The molecule has 0 atom stereocenters. The van der Waals surface area contributed by atoms with Crippen molar-refractivity contribution in [3.63, 3.8) is 0 Å². The lowest BCUT2D eigenvalue weighted by Gasteiger charge is -2.12. The number of anilines is 1. The van der Waals surface area contributed by atoms with Gasteiger partial charge in [-0.2, -0.15) is 19.7 Å². The zero-order chi connectivity index (χ0) is 14.3. The topological polar surface area (TPSA) is 72.9 Å². The van der Waals surface area contributed by atoms with Crippen LogP contribution in [0.1, 0.15) is 22.5 Å². The molecule has 0 spiro atoms. The molecule has 0 unspecified atom stereocenters. The van der Waals surface area contributed by atoms with Crippen LogP contribution in [0.3, 0.4) is 0 Å². The Balaban J connectivity index is 1.96. The summed E-state index contributed by atoms with van der Waals surface area (Å²) in [5.41, 5.74) is 4.34. The molecule has 7 nitrogen and oxygen atoms in total. The van der Waals surface area contributed by atoms with E-state index in [0.717, 1.165) is 28.3 Å². The fourth-order valence-corrected chi connectivity index (χ4v) is 2.14. The summed E-state index contributed by atoms with van der Waals surface area (Å²) < 4.78 is 3.60. The van der Waals surface area contributed by atoms with Gasteiger partial charge in [0.05, 0.1) is 6.20 Å². The van der Waals surface area contributed by atoms with Crippen LogP contribution in [-0.2, 0) is 13.6 Å². The second-order valence-corrected chi connectivity index (χ2v) is 4.88. The summed E-state index contributed by atoms with van der Waals surface area (Å²) in [7, 11) is 1.94. The Bertz CT molecular complexity index is 768. The van der Waals surface area contributed by atoms with Crippen LogP contribution in [0.2, 0.25) is 0 Å². The number of nitrogens with one attached hydrogen (secondary N) is 1. The molecule has 0 fully saturated rings. The van der Waals surface area contributed by atoms with Gasteiger partial charge in [-0.1, -0.05) is 0 Å². The summed E-state index contributed by atoms with van der Waals surface area (Å²) in [6.45, 7) is 6.76. The predicted octanol–water partition coefficient (Wildman–Crippen LogP) is 1.40.